The van der Waals surface area contributed by atoms with Crippen molar-refractivity contribution < 1.29 is 4.79 Å². The van der Waals surface area contributed by atoms with E-state index in [4.69, 9.17) is 0 Å². The summed E-state index contributed by atoms with van der Waals surface area (Å²) in [4.78, 5) is 18.9. The molecule has 0 spiro atoms. The summed E-state index contributed by atoms with van der Waals surface area (Å²) in [5.41, 5.74) is 3.67. The molecule has 2 aromatic carbocycles. The molecule has 3 heteroatoms. The average Bonchev–Trinajstić information content (AvgIpc) is 2.98. The first-order chi connectivity index (χ1) is 19.2. The minimum Gasteiger partial charge on any atom is -0.335 e. The van der Waals surface area contributed by atoms with Crippen LogP contribution in [0.15, 0.2) is 54.6 Å². The molecule has 1 aliphatic heterocycles. The summed E-state index contributed by atoms with van der Waals surface area (Å²) in [6.45, 7) is 8.28. The quantitative estimate of drug-likeness (QED) is 0.217. The number of piperidine rings is 1. The molecule has 0 radical (unpaired) electrons. The van der Waals surface area contributed by atoms with Crippen LogP contribution in [0.2, 0.25) is 0 Å². The lowest BCUT2D eigenvalue weighted by atomic mass is 9.79. The monoisotopic (exact) mass is 526 g/mol. The van der Waals surface area contributed by atoms with Crippen LogP contribution in [0, 0.1) is 23.7 Å². The molecule has 0 unspecified atom stereocenters. The molecule has 0 N–H and O–H groups in total. The van der Waals surface area contributed by atoms with Gasteiger partial charge in [-0.2, -0.15) is 0 Å². The van der Waals surface area contributed by atoms with Crippen molar-refractivity contribution in [2.75, 3.05) is 13.1 Å². The van der Waals surface area contributed by atoms with Gasteiger partial charge in [-0.15, -0.1) is 0 Å². The highest BCUT2D eigenvalue weighted by Crippen LogP contribution is 2.34. The lowest BCUT2D eigenvalue weighted by Crippen LogP contribution is -2.49. The first kappa shape index (κ1) is 29.4. The Hall–Kier alpha value is -2.57. The lowest BCUT2D eigenvalue weighted by Gasteiger charge is -2.41. The van der Waals surface area contributed by atoms with Gasteiger partial charge in [0.25, 0.3) is 0 Å². The van der Waals surface area contributed by atoms with Gasteiger partial charge in [0.15, 0.2) is 0 Å². The predicted molar refractivity (Wildman–Crippen MR) is 163 cm³/mol. The molecule has 39 heavy (non-hydrogen) atoms. The van der Waals surface area contributed by atoms with E-state index in [1.54, 1.807) is 0 Å². The van der Waals surface area contributed by atoms with Crippen LogP contribution in [0.4, 0.5) is 0 Å². The third kappa shape index (κ3) is 9.25. The van der Waals surface area contributed by atoms with Crippen LogP contribution in [-0.4, -0.2) is 34.8 Å². The Morgan fingerprint density at radius 3 is 2.23 bits per heavy atom. The third-order valence-electron chi connectivity index (χ3n) is 8.86. The molecule has 3 nitrogen and oxygen atoms in total. The first-order valence-electron chi connectivity index (χ1n) is 15.8. The minimum atomic E-state index is 0.203. The minimum absolute atomic E-state index is 0.203. The van der Waals surface area contributed by atoms with Crippen molar-refractivity contribution in [2.24, 2.45) is 11.8 Å². The smallest absolute Gasteiger partial charge is 0.226 e. The number of hydrogen-bond donors (Lipinski definition) is 0. The first-order valence-corrected chi connectivity index (χ1v) is 15.8. The largest absolute Gasteiger partial charge is 0.335 e. The van der Waals surface area contributed by atoms with Crippen LogP contribution in [0.3, 0.4) is 0 Å². The van der Waals surface area contributed by atoms with Crippen LogP contribution in [0.1, 0.15) is 108 Å². The normalized spacial score (nSPS) is 20.3. The van der Waals surface area contributed by atoms with E-state index < -0.39 is 0 Å². The molecule has 1 amide bonds. The maximum Gasteiger partial charge on any atom is 0.226 e. The van der Waals surface area contributed by atoms with Crippen molar-refractivity contribution in [2.45, 2.75) is 110 Å². The summed E-state index contributed by atoms with van der Waals surface area (Å²) < 4.78 is 0. The predicted octanol–water partition coefficient (Wildman–Crippen LogP) is 8.22. The van der Waals surface area contributed by atoms with E-state index in [1.807, 2.05) is 0 Å². The van der Waals surface area contributed by atoms with Crippen molar-refractivity contribution in [1.29, 1.82) is 0 Å². The molecular formula is C36H50N2O. The number of carbonyl (C=O) groups is 1. The van der Waals surface area contributed by atoms with Crippen LogP contribution in [-0.2, 0) is 17.9 Å². The van der Waals surface area contributed by atoms with Gasteiger partial charge in [-0.1, -0.05) is 93.8 Å². The SMILES string of the molecule is CCCC#Cc1ccc(CN(C(=O)C2CCC(CCCCC)CC2)C2CCN(Cc3ccccc3)CC2)cc1. The summed E-state index contributed by atoms with van der Waals surface area (Å²) in [5, 5.41) is 0. The Kier molecular flexibility index (Phi) is 12.0. The molecule has 2 aliphatic rings. The van der Waals surface area contributed by atoms with Crippen molar-refractivity contribution in [3.8, 4) is 11.8 Å². The van der Waals surface area contributed by atoms with Crippen molar-refractivity contribution in [3.05, 3.63) is 71.3 Å². The van der Waals surface area contributed by atoms with E-state index >= 15 is 0 Å². The van der Waals surface area contributed by atoms with Crippen LogP contribution < -0.4 is 0 Å². The number of likely N-dealkylation sites (tertiary alicyclic amines) is 1. The summed E-state index contributed by atoms with van der Waals surface area (Å²) in [5.74, 6) is 7.97. The molecule has 1 saturated heterocycles. The Morgan fingerprint density at radius 1 is 0.846 bits per heavy atom. The molecule has 2 fully saturated rings. The van der Waals surface area contributed by atoms with Gasteiger partial charge in [0, 0.05) is 50.1 Å². The molecule has 0 bridgehead atoms. The highest BCUT2D eigenvalue weighted by Gasteiger charge is 2.34. The lowest BCUT2D eigenvalue weighted by molar-refractivity contribution is -0.141. The van der Waals surface area contributed by atoms with E-state index in [0.717, 1.165) is 76.2 Å². The van der Waals surface area contributed by atoms with Gasteiger partial charge in [0.05, 0.1) is 0 Å². The van der Waals surface area contributed by atoms with E-state index in [2.05, 4.69) is 90.1 Å². The molecule has 210 valence electrons. The molecule has 0 aromatic heterocycles. The summed E-state index contributed by atoms with van der Waals surface area (Å²) in [7, 11) is 0. The van der Waals surface area contributed by atoms with Crippen LogP contribution in [0.25, 0.3) is 0 Å². The van der Waals surface area contributed by atoms with E-state index in [-0.39, 0.29) is 5.92 Å². The third-order valence-corrected chi connectivity index (χ3v) is 8.86. The van der Waals surface area contributed by atoms with Gasteiger partial charge in [-0.05, 0) is 74.1 Å². The van der Waals surface area contributed by atoms with Crippen LogP contribution in [0.5, 0.6) is 0 Å². The zero-order valence-corrected chi connectivity index (χ0v) is 24.5. The van der Waals surface area contributed by atoms with Gasteiger partial charge in [-0.25, -0.2) is 0 Å². The highest BCUT2D eigenvalue weighted by molar-refractivity contribution is 5.79. The van der Waals surface area contributed by atoms with E-state index in [0.29, 0.717) is 11.9 Å². The topological polar surface area (TPSA) is 23.6 Å². The van der Waals surface area contributed by atoms with Crippen LogP contribution >= 0.6 is 0 Å². The molecule has 0 atom stereocenters. The Labute approximate surface area is 238 Å². The number of rotatable bonds is 11. The fourth-order valence-electron chi connectivity index (χ4n) is 6.41. The zero-order chi connectivity index (χ0) is 27.3. The van der Waals surface area contributed by atoms with Gasteiger partial charge in [0.2, 0.25) is 5.91 Å². The number of unbranched alkanes of at least 4 members (excludes halogenated alkanes) is 3. The second-order valence-electron chi connectivity index (χ2n) is 11.9. The number of nitrogens with zero attached hydrogens (tertiary/aromatic N) is 2. The number of benzene rings is 2. The summed E-state index contributed by atoms with van der Waals surface area (Å²) in [6.07, 6.45) is 14.1. The highest BCUT2D eigenvalue weighted by atomic mass is 16.2. The number of carbonyl (C=O) groups excluding carboxylic acids is 1. The second-order valence-corrected chi connectivity index (χ2v) is 11.9. The number of hydrogen-bond acceptors (Lipinski definition) is 2. The van der Waals surface area contributed by atoms with Gasteiger partial charge in [0.1, 0.15) is 0 Å². The standard InChI is InChI=1S/C36H50N2O/c1-3-5-8-12-30-16-18-33(19-17-30)29-38(36(39)34-22-20-31(21-23-34)13-9-6-4-2)35-24-26-37(27-25-35)28-32-14-10-7-11-15-32/h7,10-11,14-19,31,34-35H,3-6,9,13,20-29H2,1-2H3. The van der Waals surface area contributed by atoms with Gasteiger partial charge >= 0.3 is 0 Å². The Balaban J connectivity index is 1.39. The number of amides is 1. The van der Waals surface area contributed by atoms with Crippen molar-refractivity contribution in [1.82, 2.24) is 9.80 Å². The summed E-state index contributed by atoms with van der Waals surface area (Å²) >= 11 is 0. The molecular weight excluding hydrogens is 476 g/mol. The maximum atomic E-state index is 14.1. The van der Waals surface area contributed by atoms with Gasteiger partial charge in [-0.3, -0.25) is 9.69 Å². The van der Waals surface area contributed by atoms with Crippen molar-refractivity contribution >= 4 is 5.91 Å². The van der Waals surface area contributed by atoms with E-state index in [9.17, 15) is 4.79 Å². The second kappa shape index (κ2) is 15.9. The molecule has 2 aromatic rings. The van der Waals surface area contributed by atoms with E-state index in [1.165, 1.54) is 49.7 Å². The fourth-order valence-corrected chi connectivity index (χ4v) is 6.41. The summed E-state index contributed by atoms with van der Waals surface area (Å²) in [6, 6.07) is 19.7. The molecule has 1 heterocycles. The molecule has 4 rings (SSSR count). The zero-order valence-electron chi connectivity index (χ0n) is 24.5. The molecule has 1 saturated carbocycles. The van der Waals surface area contributed by atoms with Crippen molar-refractivity contribution in [3.63, 3.8) is 0 Å². The Bertz CT molecular complexity index is 1030. The van der Waals surface area contributed by atoms with Gasteiger partial charge < -0.3 is 4.90 Å². The average molecular weight is 527 g/mol. The molecule has 1 aliphatic carbocycles. The Morgan fingerprint density at radius 2 is 1.56 bits per heavy atom. The fraction of sp³-hybridized carbons (Fsp3) is 0.583. The maximum absolute atomic E-state index is 14.1.